The third-order valence-corrected chi connectivity index (χ3v) is 4.39. The Morgan fingerprint density at radius 3 is 2.53 bits per heavy atom. The molecule has 2 heteroatoms. The highest BCUT2D eigenvalue weighted by Gasteiger charge is 2.21. The summed E-state index contributed by atoms with van der Waals surface area (Å²) in [6, 6.07) is 3.12. The van der Waals surface area contributed by atoms with Gasteiger partial charge in [0.15, 0.2) is 0 Å². The summed E-state index contributed by atoms with van der Waals surface area (Å²) < 4.78 is 5.50. The normalized spacial score (nSPS) is 16.5. The number of rotatable bonds is 6. The smallest absolute Gasteiger partial charge is 0.124 e. The van der Waals surface area contributed by atoms with Gasteiger partial charge in [-0.15, -0.1) is 0 Å². The fourth-order valence-electron chi connectivity index (χ4n) is 2.86. The zero-order valence-electron chi connectivity index (χ0n) is 13.0. The van der Waals surface area contributed by atoms with Crippen LogP contribution in [-0.2, 0) is 0 Å². The first-order valence-electron chi connectivity index (χ1n) is 7.42. The summed E-state index contributed by atoms with van der Waals surface area (Å²) in [4.78, 5) is 0. The molecule has 0 spiro atoms. The zero-order valence-corrected chi connectivity index (χ0v) is 13.0. The van der Waals surface area contributed by atoms with Crippen molar-refractivity contribution in [2.24, 2.45) is 0 Å². The Balaban J connectivity index is 2.09. The first kappa shape index (κ1) is 14.4. The van der Waals surface area contributed by atoms with E-state index >= 15 is 0 Å². The summed E-state index contributed by atoms with van der Waals surface area (Å²) in [6.45, 7) is 10.00. The third kappa shape index (κ3) is 3.30. The minimum absolute atomic E-state index is 0.606. The van der Waals surface area contributed by atoms with E-state index in [0.717, 1.165) is 18.3 Å². The van der Waals surface area contributed by atoms with Crippen molar-refractivity contribution in [2.45, 2.75) is 58.9 Å². The lowest BCUT2D eigenvalue weighted by Crippen LogP contribution is -2.19. The monoisotopic (exact) mass is 261 g/mol. The molecule has 2 nitrogen and oxygen atoms in total. The van der Waals surface area contributed by atoms with E-state index in [-0.39, 0.29) is 0 Å². The van der Waals surface area contributed by atoms with Gasteiger partial charge in [0.1, 0.15) is 5.75 Å². The van der Waals surface area contributed by atoms with E-state index < -0.39 is 0 Å². The second-order valence-electron chi connectivity index (χ2n) is 5.98. The van der Waals surface area contributed by atoms with Gasteiger partial charge in [-0.05, 0) is 74.8 Å². The number of benzene rings is 1. The highest BCUT2D eigenvalue weighted by Crippen LogP contribution is 2.33. The average molecular weight is 261 g/mol. The Hall–Kier alpha value is -1.02. The van der Waals surface area contributed by atoms with Gasteiger partial charge in [0.05, 0.1) is 7.11 Å². The van der Waals surface area contributed by atoms with Gasteiger partial charge in [-0.25, -0.2) is 0 Å². The van der Waals surface area contributed by atoms with Crippen molar-refractivity contribution in [3.05, 3.63) is 28.3 Å². The molecule has 1 aromatic rings. The molecule has 1 aliphatic carbocycles. The lowest BCUT2D eigenvalue weighted by atomic mass is 9.89. The van der Waals surface area contributed by atoms with Crippen molar-refractivity contribution < 1.29 is 4.74 Å². The highest BCUT2D eigenvalue weighted by atomic mass is 16.5. The lowest BCUT2D eigenvalue weighted by Gasteiger charge is -2.20. The molecule has 0 amide bonds. The summed E-state index contributed by atoms with van der Waals surface area (Å²) >= 11 is 0. The molecular formula is C17H27NO. The fourth-order valence-corrected chi connectivity index (χ4v) is 2.86. The van der Waals surface area contributed by atoms with Crippen molar-refractivity contribution in [3.8, 4) is 5.75 Å². The number of hydrogen-bond donors (Lipinski definition) is 1. The Labute approximate surface area is 117 Å². The van der Waals surface area contributed by atoms with E-state index in [1.54, 1.807) is 7.11 Å². The molecule has 0 aromatic heterocycles. The molecule has 1 fully saturated rings. The first-order valence-corrected chi connectivity index (χ1v) is 7.42. The van der Waals surface area contributed by atoms with Crippen molar-refractivity contribution in [3.63, 3.8) is 0 Å². The maximum Gasteiger partial charge on any atom is 0.124 e. The summed E-state index contributed by atoms with van der Waals surface area (Å²) in [5.74, 6) is 1.65. The van der Waals surface area contributed by atoms with Crippen LogP contribution in [0.25, 0.3) is 0 Å². The standard InChI is InChI=1S/C17H27NO/c1-11(8-9-18-15-6-7-15)16-10-12(2)17(19-5)14(4)13(16)3/h10-11,15,18H,6-9H2,1-5H3. The molecule has 0 bridgehead atoms. The maximum absolute atomic E-state index is 5.50. The minimum atomic E-state index is 0.606. The van der Waals surface area contributed by atoms with E-state index in [2.05, 4.69) is 39.1 Å². The van der Waals surface area contributed by atoms with Gasteiger partial charge >= 0.3 is 0 Å². The van der Waals surface area contributed by atoms with Gasteiger partial charge in [-0.2, -0.15) is 0 Å². The van der Waals surface area contributed by atoms with Crippen LogP contribution in [0.3, 0.4) is 0 Å². The summed E-state index contributed by atoms with van der Waals surface area (Å²) in [5.41, 5.74) is 5.41. The molecule has 1 saturated carbocycles. The number of nitrogens with one attached hydrogen (secondary N) is 1. The van der Waals surface area contributed by atoms with Crippen molar-refractivity contribution >= 4 is 0 Å². The molecule has 1 atom stereocenters. The first-order chi connectivity index (χ1) is 9.04. The maximum atomic E-state index is 5.50. The van der Waals surface area contributed by atoms with Crippen LogP contribution in [0.2, 0.25) is 0 Å². The van der Waals surface area contributed by atoms with Crippen LogP contribution in [0.1, 0.15) is 54.4 Å². The van der Waals surface area contributed by atoms with Crippen LogP contribution in [0.15, 0.2) is 6.07 Å². The van der Waals surface area contributed by atoms with Gasteiger partial charge in [0, 0.05) is 6.04 Å². The van der Waals surface area contributed by atoms with Crippen LogP contribution in [-0.4, -0.2) is 19.7 Å². The van der Waals surface area contributed by atoms with E-state index in [1.165, 1.54) is 41.5 Å². The van der Waals surface area contributed by atoms with E-state index in [1.807, 2.05) is 0 Å². The third-order valence-electron chi connectivity index (χ3n) is 4.39. The van der Waals surface area contributed by atoms with Gasteiger partial charge in [0.25, 0.3) is 0 Å². The van der Waals surface area contributed by atoms with Crippen LogP contribution < -0.4 is 10.1 Å². The Morgan fingerprint density at radius 2 is 1.95 bits per heavy atom. The van der Waals surface area contributed by atoms with E-state index in [0.29, 0.717) is 5.92 Å². The van der Waals surface area contributed by atoms with Gasteiger partial charge in [-0.1, -0.05) is 13.0 Å². The molecule has 0 aliphatic heterocycles. The van der Waals surface area contributed by atoms with Crippen molar-refractivity contribution in [2.75, 3.05) is 13.7 Å². The Morgan fingerprint density at radius 1 is 1.26 bits per heavy atom. The van der Waals surface area contributed by atoms with Crippen molar-refractivity contribution in [1.29, 1.82) is 0 Å². The number of methoxy groups -OCH3 is 1. The summed E-state index contributed by atoms with van der Waals surface area (Å²) in [6.07, 6.45) is 3.95. The molecule has 1 unspecified atom stereocenters. The average Bonchev–Trinajstić information content (AvgIpc) is 3.18. The molecule has 2 rings (SSSR count). The number of ether oxygens (including phenoxy) is 1. The predicted molar refractivity (Wildman–Crippen MR) is 81.3 cm³/mol. The molecule has 106 valence electrons. The second kappa shape index (κ2) is 5.96. The van der Waals surface area contributed by atoms with Crippen LogP contribution in [0.5, 0.6) is 5.75 Å². The number of aryl methyl sites for hydroxylation is 1. The Bertz CT molecular complexity index is 449. The van der Waals surface area contributed by atoms with Gasteiger partial charge in [-0.3, -0.25) is 0 Å². The van der Waals surface area contributed by atoms with Gasteiger partial charge in [0.2, 0.25) is 0 Å². The topological polar surface area (TPSA) is 21.3 Å². The quantitative estimate of drug-likeness (QED) is 0.839. The highest BCUT2D eigenvalue weighted by molar-refractivity contribution is 5.49. The number of hydrogen-bond acceptors (Lipinski definition) is 2. The van der Waals surface area contributed by atoms with Gasteiger partial charge < -0.3 is 10.1 Å². The van der Waals surface area contributed by atoms with Crippen LogP contribution >= 0.6 is 0 Å². The molecule has 1 aromatic carbocycles. The molecule has 0 heterocycles. The largest absolute Gasteiger partial charge is 0.496 e. The fraction of sp³-hybridized carbons (Fsp3) is 0.647. The van der Waals surface area contributed by atoms with Crippen molar-refractivity contribution in [1.82, 2.24) is 5.32 Å². The molecular weight excluding hydrogens is 234 g/mol. The minimum Gasteiger partial charge on any atom is -0.496 e. The Kier molecular flexibility index (Phi) is 4.51. The molecule has 0 radical (unpaired) electrons. The van der Waals surface area contributed by atoms with Crippen LogP contribution in [0, 0.1) is 20.8 Å². The second-order valence-corrected chi connectivity index (χ2v) is 5.98. The van der Waals surface area contributed by atoms with Crippen LogP contribution in [0.4, 0.5) is 0 Å². The zero-order chi connectivity index (χ0) is 14.0. The lowest BCUT2D eigenvalue weighted by molar-refractivity contribution is 0.407. The summed E-state index contributed by atoms with van der Waals surface area (Å²) in [7, 11) is 1.76. The molecule has 1 N–H and O–H groups in total. The van der Waals surface area contributed by atoms with E-state index in [9.17, 15) is 0 Å². The molecule has 0 saturated heterocycles. The SMILES string of the molecule is COc1c(C)cc(C(C)CCNC2CC2)c(C)c1C. The predicted octanol–water partition coefficient (Wildman–Crippen LogP) is 3.87. The molecule has 19 heavy (non-hydrogen) atoms. The van der Waals surface area contributed by atoms with E-state index in [4.69, 9.17) is 4.74 Å². The molecule has 1 aliphatic rings. The summed E-state index contributed by atoms with van der Waals surface area (Å²) in [5, 5.41) is 3.60.